The summed E-state index contributed by atoms with van der Waals surface area (Å²) >= 11 is 0. The van der Waals surface area contributed by atoms with Gasteiger partial charge in [-0.3, -0.25) is 9.59 Å². The van der Waals surface area contributed by atoms with Gasteiger partial charge in [0, 0.05) is 23.7 Å². The molecule has 0 aliphatic carbocycles. The minimum absolute atomic E-state index is 0.185. The number of anilines is 1. The Hall–Kier alpha value is -4.97. The van der Waals surface area contributed by atoms with Crippen molar-refractivity contribution in [2.24, 2.45) is 0 Å². The van der Waals surface area contributed by atoms with Crippen LogP contribution in [0.1, 0.15) is 28.4 Å². The molecule has 0 bridgehead atoms. The van der Waals surface area contributed by atoms with E-state index in [1.807, 2.05) is 105 Å². The molecule has 0 unspecified atom stereocenters. The van der Waals surface area contributed by atoms with Crippen LogP contribution in [0.15, 0.2) is 103 Å². The van der Waals surface area contributed by atoms with E-state index in [9.17, 15) is 9.59 Å². The highest BCUT2D eigenvalue weighted by molar-refractivity contribution is 6.04. The molecule has 38 heavy (non-hydrogen) atoms. The van der Waals surface area contributed by atoms with E-state index in [4.69, 9.17) is 9.84 Å². The molecule has 0 saturated heterocycles. The standard InChI is InChI=1S/C32H27N3O3/c1-21-9-13-25(14-10-21)30-29(32(38-23(3)36)35(34-30)28-7-5-4-6-8-28)24-17-19-27(20-18-24)33-31(37)26-15-11-22(2)12-16-26/h4-20H,1-3H3,(H,33,37). The number of aryl methyl sites for hydroxylation is 2. The first kappa shape index (κ1) is 24.7. The number of carbonyl (C=O) groups is 2. The first-order valence-corrected chi connectivity index (χ1v) is 12.3. The zero-order valence-electron chi connectivity index (χ0n) is 21.4. The van der Waals surface area contributed by atoms with Crippen molar-refractivity contribution in [2.75, 3.05) is 5.32 Å². The van der Waals surface area contributed by atoms with Crippen LogP contribution in [0.3, 0.4) is 0 Å². The van der Waals surface area contributed by atoms with Gasteiger partial charge in [0.15, 0.2) is 0 Å². The van der Waals surface area contributed by atoms with Gasteiger partial charge in [-0.15, -0.1) is 0 Å². The van der Waals surface area contributed by atoms with E-state index in [1.54, 1.807) is 16.8 Å². The molecule has 0 radical (unpaired) electrons. The zero-order valence-corrected chi connectivity index (χ0v) is 21.4. The van der Waals surface area contributed by atoms with E-state index in [0.717, 1.165) is 27.9 Å². The van der Waals surface area contributed by atoms with Gasteiger partial charge in [-0.1, -0.05) is 77.9 Å². The lowest BCUT2D eigenvalue weighted by molar-refractivity contribution is -0.132. The quantitative estimate of drug-likeness (QED) is 0.254. The second-order valence-electron chi connectivity index (χ2n) is 9.13. The van der Waals surface area contributed by atoms with Crippen molar-refractivity contribution in [3.8, 4) is 34.0 Å². The molecule has 0 aliphatic heterocycles. The van der Waals surface area contributed by atoms with E-state index in [1.165, 1.54) is 6.92 Å². The first-order chi connectivity index (χ1) is 18.4. The maximum absolute atomic E-state index is 12.7. The fourth-order valence-electron chi connectivity index (χ4n) is 4.18. The molecule has 1 aromatic heterocycles. The Morgan fingerprint density at radius 1 is 0.737 bits per heavy atom. The first-order valence-electron chi connectivity index (χ1n) is 12.3. The number of amides is 1. The monoisotopic (exact) mass is 501 g/mol. The number of hydrogen-bond donors (Lipinski definition) is 1. The second-order valence-corrected chi connectivity index (χ2v) is 9.13. The lowest BCUT2D eigenvalue weighted by atomic mass is 10.00. The number of rotatable bonds is 6. The Kier molecular flexibility index (Phi) is 6.87. The van der Waals surface area contributed by atoms with Crippen molar-refractivity contribution >= 4 is 17.6 Å². The number of nitrogens with zero attached hydrogens (tertiary/aromatic N) is 2. The molecule has 0 saturated carbocycles. The Balaban J connectivity index is 1.59. The molecular weight excluding hydrogens is 474 g/mol. The van der Waals surface area contributed by atoms with Crippen molar-refractivity contribution in [3.05, 3.63) is 120 Å². The summed E-state index contributed by atoms with van der Waals surface area (Å²) in [7, 11) is 0. The van der Waals surface area contributed by atoms with Gasteiger partial charge >= 0.3 is 5.97 Å². The molecule has 0 spiro atoms. The maximum Gasteiger partial charge on any atom is 0.309 e. The van der Waals surface area contributed by atoms with E-state index >= 15 is 0 Å². The number of carbonyl (C=O) groups excluding carboxylic acids is 2. The minimum atomic E-state index is -0.444. The van der Waals surface area contributed by atoms with Crippen LogP contribution in [0.2, 0.25) is 0 Å². The molecule has 0 aliphatic rings. The number of aromatic nitrogens is 2. The maximum atomic E-state index is 12.7. The van der Waals surface area contributed by atoms with Crippen LogP contribution in [0.5, 0.6) is 5.88 Å². The van der Waals surface area contributed by atoms with Crippen molar-refractivity contribution in [1.82, 2.24) is 9.78 Å². The summed E-state index contributed by atoms with van der Waals surface area (Å²) in [6.07, 6.45) is 0. The van der Waals surface area contributed by atoms with Crippen molar-refractivity contribution < 1.29 is 14.3 Å². The molecule has 0 atom stereocenters. The number of esters is 1. The lowest BCUT2D eigenvalue weighted by Gasteiger charge is -2.11. The molecule has 1 amide bonds. The van der Waals surface area contributed by atoms with Crippen LogP contribution in [0.25, 0.3) is 28.1 Å². The topological polar surface area (TPSA) is 73.2 Å². The highest BCUT2D eigenvalue weighted by Gasteiger charge is 2.24. The Bertz CT molecular complexity index is 1590. The molecule has 5 aromatic rings. The van der Waals surface area contributed by atoms with Crippen LogP contribution in [0.4, 0.5) is 5.69 Å². The molecule has 6 heteroatoms. The fraction of sp³-hybridized carbons (Fsp3) is 0.0938. The Morgan fingerprint density at radius 3 is 1.92 bits per heavy atom. The predicted octanol–water partition coefficient (Wildman–Crippen LogP) is 7.00. The van der Waals surface area contributed by atoms with Crippen molar-refractivity contribution in [2.45, 2.75) is 20.8 Å². The third-order valence-corrected chi connectivity index (χ3v) is 6.15. The smallest absolute Gasteiger partial charge is 0.309 e. The SMILES string of the molecule is CC(=O)Oc1c(-c2ccc(NC(=O)c3ccc(C)cc3)cc2)c(-c2ccc(C)cc2)nn1-c1ccccc1. The normalized spacial score (nSPS) is 10.7. The third-order valence-electron chi connectivity index (χ3n) is 6.15. The summed E-state index contributed by atoms with van der Waals surface area (Å²) in [5.74, 6) is -0.299. The van der Waals surface area contributed by atoms with E-state index in [2.05, 4.69) is 5.32 Å². The number of hydrogen-bond acceptors (Lipinski definition) is 4. The molecule has 5 rings (SSSR count). The van der Waals surface area contributed by atoms with Crippen molar-refractivity contribution in [1.29, 1.82) is 0 Å². The van der Waals surface area contributed by atoms with Gasteiger partial charge in [0.25, 0.3) is 5.91 Å². The van der Waals surface area contributed by atoms with Gasteiger partial charge in [0.2, 0.25) is 5.88 Å². The molecule has 0 fully saturated rings. The largest absolute Gasteiger partial charge is 0.407 e. The highest BCUT2D eigenvalue weighted by Crippen LogP contribution is 2.41. The summed E-state index contributed by atoms with van der Waals surface area (Å²) in [5, 5.41) is 7.84. The summed E-state index contributed by atoms with van der Waals surface area (Å²) in [4.78, 5) is 24.9. The van der Waals surface area contributed by atoms with E-state index in [0.29, 0.717) is 28.4 Å². The number of para-hydroxylation sites is 1. The van der Waals surface area contributed by atoms with Gasteiger partial charge in [-0.05, 0) is 55.8 Å². The van der Waals surface area contributed by atoms with Gasteiger partial charge in [0.05, 0.1) is 11.3 Å². The highest BCUT2D eigenvalue weighted by atomic mass is 16.5. The molecule has 1 N–H and O–H groups in total. The third kappa shape index (κ3) is 5.25. The van der Waals surface area contributed by atoms with Gasteiger partial charge < -0.3 is 10.1 Å². The molecule has 1 heterocycles. The summed E-state index contributed by atoms with van der Waals surface area (Å²) in [5.41, 5.74) is 7.29. The number of nitrogens with one attached hydrogen (secondary N) is 1. The molecule has 6 nitrogen and oxygen atoms in total. The molecule has 188 valence electrons. The summed E-state index contributed by atoms with van der Waals surface area (Å²) in [6, 6.07) is 32.5. The van der Waals surface area contributed by atoms with Crippen LogP contribution < -0.4 is 10.1 Å². The Labute approximate surface area is 221 Å². The Morgan fingerprint density at radius 2 is 1.32 bits per heavy atom. The van der Waals surface area contributed by atoms with Crippen LogP contribution in [-0.2, 0) is 4.79 Å². The molecule has 4 aromatic carbocycles. The lowest BCUT2D eigenvalue weighted by Crippen LogP contribution is -2.11. The van der Waals surface area contributed by atoms with E-state index < -0.39 is 5.97 Å². The summed E-state index contributed by atoms with van der Waals surface area (Å²) in [6.45, 7) is 5.39. The minimum Gasteiger partial charge on any atom is -0.407 e. The van der Waals surface area contributed by atoms with Crippen LogP contribution in [-0.4, -0.2) is 21.7 Å². The zero-order chi connectivity index (χ0) is 26.6. The number of benzene rings is 4. The second kappa shape index (κ2) is 10.6. The molecular formula is C32H27N3O3. The van der Waals surface area contributed by atoms with Crippen molar-refractivity contribution in [3.63, 3.8) is 0 Å². The summed E-state index contributed by atoms with van der Waals surface area (Å²) < 4.78 is 7.42. The average molecular weight is 502 g/mol. The number of ether oxygens (including phenoxy) is 1. The van der Waals surface area contributed by atoms with Gasteiger partial charge in [0.1, 0.15) is 5.69 Å². The average Bonchev–Trinajstić information content (AvgIpc) is 3.28. The predicted molar refractivity (Wildman–Crippen MR) is 150 cm³/mol. The van der Waals surface area contributed by atoms with E-state index in [-0.39, 0.29) is 5.91 Å². The van der Waals surface area contributed by atoms with Crippen LogP contribution in [0, 0.1) is 13.8 Å². The fourth-order valence-corrected chi connectivity index (χ4v) is 4.18. The van der Waals surface area contributed by atoms with Gasteiger partial charge in [-0.25, -0.2) is 0 Å². The van der Waals surface area contributed by atoms with Gasteiger partial charge in [-0.2, -0.15) is 9.78 Å². The van der Waals surface area contributed by atoms with Crippen LogP contribution >= 0.6 is 0 Å².